The van der Waals surface area contributed by atoms with Crippen LogP contribution in [-0.2, 0) is 14.8 Å². The molecule has 0 unspecified atom stereocenters. The molecule has 0 aliphatic carbocycles. The van der Waals surface area contributed by atoms with Crippen molar-refractivity contribution in [3.05, 3.63) is 11.5 Å². The number of ether oxygens (including phenoxy) is 1. The average molecular weight is 401 g/mol. The van der Waals surface area contributed by atoms with E-state index in [0.717, 1.165) is 6.42 Å². The Morgan fingerprint density at radius 1 is 1.33 bits per heavy atom. The van der Waals surface area contributed by atoms with Gasteiger partial charge in [-0.05, 0) is 26.7 Å². The summed E-state index contributed by atoms with van der Waals surface area (Å²) in [6.07, 6.45) is 1.45. The fraction of sp³-hybridized carbons (Fsp3) is 0.765. The number of hydrogen-bond donors (Lipinski definition) is 1. The van der Waals surface area contributed by atoms with Crippen molar-refractivity contribution < 1.29 is 22.5 Å². The summed E-state index contributed by atoms with van der Waals surface area (Å²) >= 11 is 0. The van der Waals surface area contributed by atoms with E-state index in [1.807, 2.05) is 11.8 Å². The molecule has 1 N–H and O–H groups in total. The molecule has 0 saturated carbocycles. The molecular weight excluding hydrogens is 372 g/mol. The molecule has 2 atom stereocenters. The molecule has 0 bridgehead atoms. The SMILES string of the molecule is CCCNC(=O)N1CCOC[C@H]2CN(S(=O)(=O)c3c(C)noc3C)CC[C@H]21. The summed E-state index contributed by atoms with van der Waals surface area (Å²) in [4.78, 5) is 14.5. The van der Waals surface area contributed by atoms with E-state index in [-0.39, 0.29) is 22.9 Å². The molecule has 2 amide bonds. The van der Waals surface area contributed by atoms with Crippen LogP contribution >= 0.6 is 0 Å². The second-order valence-corrected chi connectivity index (χ2v) is 9.01. The third kappa shape index (κ3) is 3.97. The van der Waals surface area contributed by atoms with Crippen LogP contribution in [0.3, 0.4) is 0 Å². The van der Waals surface area contributed by atoms with Gasteiger partial charge in [-0.25, -0.2) is 13.2 Å². The Bertz CT molecular complexity index is 759. The molecule has 2 aliphatic rings. The van der Waals surface area contributed by atoms with Gasteiger partial charge in [0, 0.05) is 38.1 Å². The first-order valence-electron chi connectivity index (χ1n) is 9.41. The predicted molar refractivity (Wildman–Crippen MR) is 97.8 cm³/mol. The van der Waals surface area contributed by atoms with Gasteiger partial charge in [0.15, 0.2) is 5.76 Å². The molecular formula is C17H28N4O5S. The van der Waals surface area contributed by atoms with E-state index in [4.69, 9.17) is 9.26 Å². The van der Waals surface area contributed by atoms with Gasteiger partial charge in [0.2, 0.25) is 10.0 Å². The van der Waals surface area contributed by atoms with E-state index in [0.29, 0.717) is 57.3 Å². The minimum absolute atomic E-state index is 0.0273. The summed E-state index contributed by atoms with van der Waals surface area (Å²) in [7, 11) is -3.69. The summed E-state index contributed by atoms with van der Waals surface area (Å²) in [5, 5.41) is 6.69. The Labute approximate surface area is 160 Å². The lowest BCUT2D eigenvalue weighted by Crippen LogP contribution is -2.56. The monoisotopic (exact) mass is 400 g/mol. The molecule has 152 valence electrons. The highest BCUT2D eigenvalue weighted by Crippen LogP contribution is 2.31. The molecule has 0 spiro atoms. The van der Waals surface area contributed by atoms with Crippen molar-refractivity contribution in [2.24, 2.45) is 5.92 Å². The maximum absolute atomic E-state index is 13.1. The van der Waals surface area contributed by atoms with E-state index in [1.165, 1.54) is 4.31 Å². The Kier molecular flexibility index (Phi) is 6.07. The molecule has 2 saturated heterocycles. The van der Waals surface area contributed by atoms with Crippen LogP contribution in [0.2, 0.25) is 0 Å². The van der Waals surface area contributed by atoms with Gasteiger partial charge in [0.25, 0.3) is 0 Å². The van der Waals surface area contributed by atoms with Crippen LogP contribution in [0.5, 0.6) is 0 Å². The number of nitrogens with zero attached hydrogens (tertiary/aromatic N) is 3. The topological polar surface area (TPSA) is 105 Å². The zero-order valence-corrected chi connectivity index (χ0v) is 16.9. The van der Waals surface area contributed by atoms with Crippen LogP contribution in [0.4, 0.5) is 4.79 Å². The quantitative estimate of drug-likeness (QED) is 0.812. The third-order valence-corrected chi connectivity index (χ3v) is 7.33. The molecule has 27 heavy (non-hydrogen) atoms. The second kappa shape index (κ2) is 8.15. The highest BCUT2D eigenvalue weighted by atomic mass is 32.2. The van der Waals surface area contributed by atoms with E-state index in [1.54, 1.807) is 13.8 Å². The molecule has 3 rings (SSSR count). The molecule has 1 aromatic heterocycles. The number of urea groups is 1. The van der Waals surface area contributed by atoms with Crippen molar-refractivity contribution >= 4 is 16.1 Å². The number of nitrogens with one attached hydrogen (secondary N) is 1. The predicted octanol–water partition coefficient (Wildman–Crippen LogP) is 1.12. The van der Waals surface area contributed by atoms with Crippen molar-refractivity contribution in [2.75, 3.05) is 39.4 Å². The fourth-order valence-electron chi connectivity index (χ4n) is 3.90. The number of carbonyl (C=O) groups excluding carboxylic acids is 1. The van der Waals surface area contributed by atoms with Crippen molar-refractivity contribution in [1.29, 1.82) is 0 Å². The molecule has 9 nitrogen and oxygen atoms in total. The average Bonchev–Trinajstić information content (AvgIpc) is 2.86. The van der Waals surface area contributed by atoms with Gasteiger partial charge in [-0.1, -0.05) is 12.1 Å². The number of rotatable bonds is 4. The van der Waals surface area contributed by atoms with E-state index in [9.17, 15) is 13.2 Å². The first-order valence-corrected chi connectivity index (χ1v) is 10.9. The number of sulfonamides is 1. The van der Waals surface area contributed by atoms with Crippen molar-refractivity contribution in [1.82, 2.24) is 19.7 Å². The zero-order chi connectivity index (χ0) is 19.6. The number of fused-ring (bicyclic) bond motifs is 1. The molecule has 0 radical (unpaired) electrons. The maximum atomic E-state index is 13.1. The normalized spacial score (nSPS) is 24.3. The zero-order valence-electron chi connectivity index (χ0n) is 16.1. The number of piperidine rings is 1. The van der Waals surface area contributed by atoms with Crippen LogP contribution in [0.25, 0.3) is 0 Å². The van der Waals surface area contributed by atoms with Gasteiger partial charge in [-0.3, -0.25) is 0 Å². The smallest absolute Gasteiger partial charge is 0.317 e. The molecule has 10 heteroatoms. The van der Waals surface area contributed by atoms with Gasteiger partial charge in [-0.2, -0.15) is 4.31 Å². The fourth-order valence-corrected chi connectivity index (χ4v) is 5.70. The van der Waals surface area contributed by atoms with Crippen molar-refractivity contribution in [2.45, 2.75) is 44.6 Å². The molecule has 2 fully saturated rings. The summed E-state index contributed by atoms with van der Waals surface area (Å²) in [6, 6.07) is -0.125. The van der Waals surface area contributed by atoms with E-state index >= 15 is 0 Å². The van der Waals surface area contributed by atoms with Crippen LogP contribution in [0.15, 0.2) is 9.42 Å². The van der Waals surface area contributed by atoms with Gasteiger partial charge in [0.05, 0.1) is 13.2 Å². The Morgan fingerprint density at radius 3 is 2.78 bits per heavy atom. The summed E-state index contributed by atoms with van der Waals surface area (Å²) in [5.74, 6) is 0.233. The number of amides is 2. The Balaban J connectivity index is 1.78. The highest BCUT2D eigenvalue weighted by Gasteiger charge is 2.42. The molecule has 2 aliphatic heterocycles. The van der Waals surface area contributed by atoms with Crippen molar-refractivity contribution in [3.8, 4) is 0 Å². The lowest BCUT2D eigenvalue weighted by Gasteiger charge is -2.41. The second-order valence-electron chi connectivity index (χ2n) is 7.13. The maximum Gasteiger partial charge on any atom is 0.317 e. The summed E-state index contributed by atoms with van der Waals surface area (Å²) in [6.45, 7) is 7.96. The minimum atomic E-state index is -3.69. The molecule has 1 aromatic rings. The summed E-state index contributed by atoms with van der Waals surface area (Å²) in [5.41, 5.74) is 0.368. The Morgan fingerprint density at radius 2 is 2.11 bits per heavy atom. The van der Waals surface area contributed by atoms with Crippen molar-refractivity contribution in [3.63, 3.8) is 0 Å². The lowest BCUT2D eigenvalue weighted by atomic mass is 9.93. The van der Waals surface area contributed by atoms with Crippen LogP contribution in [-0.4, -0.2) is 74.2 Å². The summed E-state index contributed by atoms with van der Waals surface area (Å²) < 4.78 is 38.4. The van der Waals surface area contributed by atoms with Gasteiger partial charge in [-0.15, -0.1) is 0 Å². The largest absolute Gasteiger partial charge is 0.379 e. The standard InChI is InChI=1S/C17H28N4O5S/c1-4-6-18-17(22)21-8-9-25-11-14-10-20(7-5-15(14)21)27(23,24)16-12(2)19-26-13(16)3/h14-15H,4-11H2,1-3H3,(H,18,22)/t14-,15-/m1/s1. The number of aryl methyl sites for hydroxylation is 2. The Hall–Kier alpha value is -1.65. The first kappa shape index (κ1) is 20.1. The van der Waals surface area contributed by atoms with Crippen LogP contribution < -0.4 is 5.32 Å². The molecule has 3 heterocycles. The number of carbonyl (C=O) groups is 1. The van der Waals surface area contributed by atoms with Crippen LogP contribution in [0, 0.1) is 19.8 Å². The van der Waals surface area contributed by atoms with Gasteiger partial charge < -0.3 is 19.5 Å². The lowest BCUT2D eigenvalue weighted by molar-refractivity contribution is 0.0848. The number of hydrogen-bond acceptors (Lipinski definition) is 6. The third-order valence-electron chi connectivity index (χ3n) is 5.22. The minimum Gasteiger partial charge on any atom is -0.379 e. The molecule has 0 aromatic carbocycles. The van der Waals surface area contributed by atoms with E-state index < -0.39 is 10.0 Å². The highest BCUT2D eigenvalue weighted by molar-refractivity contribution is 7.89. The first-order chi connectivity index (χ1) is 12.9. The number of aromatic nitrogens is 1. The van der Waals surface area contributed by atoms with Gasteiger partial charge >= 0.3 is 6.03 Å². The van der Waals surface area contributed by atoms with E-state index in [2.05, 4.69) is 10.5 Å². The van der Waals surface area contributed by atoms with Gasteiger partial charge in [0.1, 0.15) is 10.6 Å². The van der Waals surface area contributed by atoms with Crippen LogP contribution in [0.1, 0.15) is 31.2 Å².